The molecule has 9 heteroatoms. The van der Waals surface area contributed by atoms with Crippen LogP contribution in [-0.2, 0) is 9.84 Å². The Morgan fingerprint density at radius 1 is 0.846 bits per heavy atom. The summed E-state index contributed by atoms with van der Waals surface area (Å²) in [4.78, 5) is 0. The van der Waals surface area contributed by atoms with Crippen LogP contribution in [0.15, 0.2) is 0 Å². The Hall–Kier alpha value is 2.23. The molecule has 0 bridgehead atoms. The first-order chi connectivity index (χ1) is 5.83. The van der Waals surface area contributed by atoms with Crippen LogP contribution in [0.1, 0.15) is 0 Å². The van der Waals surface area contributed by atoms with Crippen molar-refractivity contribution in [2.24, 2.45) is 0 Å². The van der Waals surface area contributed by atoms with Crippen molar-refractivity contribution >= 4 is 75.2 Å². The predicted molar refractivity (Wildman–Crippen MR) is 63.2 cm³/mol. The molecule has 0 aromatic carbocycles. The minimum absolute atomic E-state index is 0.0655. The second-order valence-electron chi connectivity index (χ2n) is 2.20. The van der Waals surface area contributed by atoms with Gasteiger partial charge in [-0.3, -0.25) is 0 Å². The topological polar surface area (TPSA) is 34.1 Å². The molecule has 0 saturated carbocycles. The number of hydrogen-bond acceptors (Lipinski definition) is 2. The molecule has 0 aliphatic heterocycles. The molecule has 0 heterocycles. The zero-order valence-corrected chi connectivity index (χ0v) is 14.1. The van der Waals surface area contributed by atoms with E-state index < -0.39 is 35.4 Å². The Bertz CT molecular complexity index is 212. The van der Waals surface area contributed by atoms with Crippen molar-refractivity contribution in [2.75, 3.05) is 11.5 Å². The predicted octanol–water partition coefficient (Wildman–Crippen LogP) is 2.33. The third kappa shape index (κ3) is 10.5. The quantitative estimate of drug-likeness (QED) is 0.629. The van der Waals surface area contributed by atoms with E-state index in [1.807, 2.05) is 0 Å². The van der Waals surface area contributed by atoms with E-state index in [9.17, 15) is 8.42 Å². The van der Waals surface area contributed by atoms with Crippen LogP contribution < -0.4 is 0 Å². The van der Waals surface area contributed by atoms with Crippen LogP contribution in [0.25, 0.3) is 0 Å². The standard InChI is InChI=1S/C4H8As2Cl4O2S/c7-5(8)1-3-13(11,12)4-2-6(9)10/h1-4H2. The Morgan fingerprint density at radius 2 is 1.15 bits per heavy atom. The van der Waals surface area contributed by atoms with Gasteiger partial charge < -0.3 is 0 Å². The van der Waals surface area contributed by atoms with Gasteiger partial charge >= 0.3 is 106 Å². The zero-order valence-electron chi connectivity index (χ0n) is 6.46. The first kappa shape index (κ1) is 15.2. The van der Waals surface area contributed by atoms with Gasteiger partial charge in [0.1, 0.15) is 0 Å². The molecular weight excluding hydrogens is 404 g/mol. The molecule has 80 valence electrons. The van der Waals surface area contributed by atoms with E-state index in [4.69, 9.17) is 39.8 Å². The van der Waals surface area contributed by atoms with Crippen molar-refractivity contribution in [3.63, 3.8) is 0 Å². The summed E-state index contributed by atoms with van der Waals surface area (Å²) >= 11 is -3.74. The average Bonchev–Trinajstić information content (AvgIpc) is 1.98. The molecule has 0 radical (unpaired) electrons. The summed E-state index contributed by atoms with van der Waals surface area (Å²) in [5, 5.41) is 0.798. The van der Waals surface area contributed by atoms with Gasteiger partial charge in [-0.2, -0.15) is 0 Å². The summed E-state index contributed by atoms with van der Waals surface area (Å²) in [7, 11) is 19.2. The molecule has 0 fully saturated rings. The van der Waals surface area contributed by atoms with Crippen molar-refractivity contribution in [3.8, 4) is 0 Å². The monoisotopic (exact) mass is 410 g/mol. The van der Waals surface area contributed by atoms with Crippen molar-refractivity contribution in [3.05, 3.63) is 0 Å². The van der Waals surface area contributed by atoms with Gasteiger partial charge in [0.2, 0.25) is 0 Å². The number of sulfone groups is 1. The van der Waals surface area contributed by atoms with E-state index in [0.29, 0.717) is 10.4 Å². The third-order valence-electron chi connectivity index (χ3n) is 1.14. The molecule has 0 spiro atoms. The van der Waals surface area contributed by atoms with E-state index in [1.54, 1.807) is 0 Å². The summed E-state index contributed by atoms with van der Waals surface area (Å²) in [6.07, 6.45) is 0. The Balaban J connectivity index is 3.81. The maximum absolute atomic E-state index is 11.3. The summed E-state index contributed by atoms with van der Waals surface area (Å²) < 4.78 is 22.5. The first-order valence-corrected chi connectivity index (χ1v) is 17.6. The fourth-order valence-corrected chi connectivity index (χ4v) is 11.1. The second kappa shape index (κ2) is 7.49. The Labute approximate surface area is 104 Å². The number of halogens is 4. The summed E-state index contributed by atoms with van der Waals surface area (Å²) in [5.41, 5.74) is 0. The van der Waals surface area contributed by atoms with Crippen LogP contribution in [0, 0.1) is 0 Å². The van der Waals surface area contributed by atoms with Gasteiger partial charge in [-0.25, -0.2) is 0 Å². The van der Waals surface area contributed by atoms with Crippen LogP contribution in [0.4, 0.5) is 0 Å². The molecule has 0 rings (SSSR count). The van der Waals surface area contributed by atoms with Gasteiger partial charge in [0.05, 0.1) is 0 Å². The molecule has 2 nitrogen and oxygen atoms in total. The Morgan fingerprint density at radius 3 is 1.38 bits per heavy atom. The molecule has 13 heavy (non-hydrogen) atoms. The van der Waals surface area contributed by atoms with Crippen molar-refractivity contribution in [2.45, 2.75) is 10.4 Å². The van der Waals surface area contributed by atoms with E-state index in [1.165, 1.54) is 0 Å². The van der Waals surface area contributed by atoms with Gasteiger partial charge in [-0.05, 0) is 0 Å². The number of rotatable bonds is 6. The van der Waals surface area contributed by atoms with Crippen LogP contribution in [-0.4, -0.2) is 45.5 Å². The SMILES string of the molecule is O=S(=O)(CC[As](Cl)Cl)CC[As](Cl)Cl. The van der Waals surface area contributed by atoms with Crippen molar-refractivity contribution in [1.29, 1.82) is 0 Å². The first-order valence-electron chi connectivity index (χ1n) is 3.22. The Kier molecular flexibility index (Phi) is 8.78. The van der Waals surface area contributed by atoms with E-state index in [-0.39, 0.29) is 11.5 Å². The molecule has 0 N–H and O–H groups in total. The molecule has 0 aliphatic rings. The summed E-state index contributed by atoms with van der Waals surface area (Å²) in [6.45, 7) is 0. The molecule has 0 amide bonds. The fourth-order valence-electron chi connectivity index (χ4n) is 0.518. The summed E-state index contributed by atoms with van der Waals surface area (Å²) in [5.74, 6) is 0.131. The molecular formula is C4H8As2Cl4O2S. The average molecular weight is 412 g/mol. The van der Waals surface area contributed by atoms with Crippen LogP contribution in [0.3, 0.4) is 0 Å². The molecule has 0 unspecified atom stereocenters. The van der Waals surface area contributed by atoms with Crippen LogP contribution >= 0.6 is 39.8 Å². The van der Waals surface area contributed by atoms with Gasteiger partial charge in [0.25, 0.3) is 0 Å². The van der Waals surface area contributed by atoms with Gasteiger partial charge in [-0.15, -0.1) is 0 Å². The van der Waals surface area contributed by atoms with Crippen LogP contribution in [0.2, 0.25) is 10.4 Å². The van der Waals surface area contributed by atoms with Gasteiger partial charge in [0, 0.05) is 0 Å². The summed E-state index contributed by atoms with van der Waals surface area (Å²) in [6, 6.07) is 0. The van der Waals surface area contributed by atoms with Crippen molar-refractivity contribution < 1.29 is 8.42 Å². The molecule has 0 atom stereocenters. The number of hydrogen-bond donors (Lipinski definition) is 0. The molecule has 0 aromatic heterocycles. The van der Waals surface area contributed by atoms with E-state index in [0.717, 1.165) is 0 Å². The van der Waals surface area contributed by atoms with Crippen molar-refractivity contribution in [1.82, 2.24) is 0 Å². The normalized spacial score (nSPS) is 12.8. The molecule has 0 aromatic rings. The minimum atomic E-state index is -3.04. The van der Waals surface area contributed by atoms with Crippen LogP contribution in [0.5, 0.6) is 0 Å². The fraction of sp³-hybridized carbons (Fsp3) is 1.00. The van der Waals surface area contributed by atoms with E-state index >= 15 is 0 Å². The molecule has 0 saturated heterocycles. The zero-order chi connectivity index (χ0) is 10.5. The third-order valence-corrected chi connectivity index (χ3v) is 9.98. The maximum atomic E-state index is 11.3. The second-order valence-corrected chi connectivity index (χ2v) is 19.2. The van der Waals surface area contributed by atoms with Gasteiger partial charge in [0.15, 0.2) is 0 Å². The van der Waals surface area contributed by atoms with E-state index in [2.05, 4.69) is 0 Å². The van der Waals surface area contributed by atoms with Gasteiger partial charge in [-0.1, -0.05) is 0 Å². The molecule has 0 aliphatic carbocycles.